The standard InChI is InChI=1S/C19H29N3O/c1-5-20(6-2)18(23)21-11-12-22-14-19(3,4)16-10-8-7-9-15(16)17(22)13-21/h7-10,17H,5-6,11-14H2,1-4H3. The van der Waals surface area contributed by atoms with E-state index in [2.05, 4.69) is 56.9 Å². The van der Waals surface area contributed by atoms with Gasteiger partial charge in [-0.05, 0) is 25.0 Å². The summed E-state index contributed by atoms with van der Waals surface area (Å²) in [6.07, 6.45) is 0. The molecule has 1 aromatic carbocycles. The van der Waals surface area contributed by atoms with Crippen LogP contribution in [0.5, 0.6) is 0 Å². The zero-order valence-electron chi connectivity index (χ0n) is 14.9. The molecule has 4 nitrogen and oxygen atoms in total. The van der Waals surface area contributed by atoms with Gasteiger partial charge in [0.1, 0.15) is 0 Å². The molecule has 1 unspecified atom stereocenters. The second kappa shape index (κ2) is 6.16. The molecule has 23 heavy (non-hydrogen) atoms. The van der Waals surface area contributed by atoms with E-state index in [-0.39, 0.29) is 11.4 Å². The normalized spacial score (nSPS) is 23.1. The Labute approximate surface area is 140 Å². The van der Waals surface area contributed by atoms with Crippen molar-refractivity contribution in [2.75, 3.05) is 39.3 Å². The molecule has 0 aromatic heterocycles. The highest BCUT2D eigenvalue weighted by molar-refractivity contribution is 5.74. The molecule has 0 bridgehead atoms. The molecule has 2 heterocycles. The molecule has 126 valence electrons. The number of piperazine rings is 1. The fourth-order valence-corrected chi connectivity index (χ4v) is 4.17. The molecule has 0 radical (unpaired) electrons. The van der Waals surface area contributed by atoms with Gasteiger partial charge in [-0.2, -0.15) is 0 Å². The van der Waals surface area contributed by atoms with Gasteiger partial charge < -0.3 is 9.80 Å². The highest BCUT2D eigenvalue weighted by Gasteiger charge is 2.41. The van der Waals surface area contributed by atoms with Crippen molar-refractivity contribution in [3.8, 4) is 0 Å². The van der Waals surface area contributed by atoms with E-state index in [1.165, 1.54) is 11.1 Å². The molecule has 1 saturated heterocycles. The van der Waals surface area contributed by atoms with Crippen molar-refractivity contribution in [1.82, 2.24) is 14.7 Å². The van der Waals surface area contributed by atoms with Crippen LogP contribution in [0, 0.1) is 0 Å². The number of hydrogen-bond acceptors (Lipinski definition) is 2. The lowest BCUT2D eigenvalue weighted by molar-refractivity contribution is 0.0519. The maximum Gasteiger partial charge on any atom is 0.320 e. The van der Waals surface area contributed by atoms with Crippen molar-refractivity contribution in [2.45, 2.75) is 39.2 Å². The van der Waals surface area contributed by atoms with Gasteiger partial charge in [0.2, 0.25) is 0 Å². The van der Waals surface area contributed by atoms with Crippen molar-refractivity contribution in [3.05, 3.63) is 35.4 Å². The summed E-state index contributed by atoms with van der Waals surface area (Å²) in [6, 6.07) is 9.31. The zero-order valence-corrected chi connectivity index (χ0v) is 14.9. The lowest BCUT2D eigenvalue weighted by atomic mass is 9.75. The molecule has 2 amide bonds. The van der Waals surface area contributed by atoms with E-state index in [1.54, 1.807) is 0 Å². The summed E-state index contributed by atoms with van der Waals surface area (Å²) in [7, 11) is 0. The van der Waals surface area contributed by atoms with Gasteiger partial charge in [-0.3, -0.25) is 4.90 Å². The molecular formula is C19H29N3O. The number of carbonyl (C=O) groups excluding carboxylic acids is 1. The van der Waals surface area contributed by atoms with Gasteiger partial charge in [0.15, 0.2) is 0 Å². The molecule has 2 aliphatic rings. The molecule has 0 spiro atoms. The van der Waals surface area contributed by atoms with E-state index in [4.69, 9.17) is 0 Å². The average Bonchev–Trinajstić information content (AvgIpc) is 2.55. The Morgan fingerprint density at radius 1 is 1.22 bits per heavy atom. The fourth-order valence-electron chi connectivity index (χ4n) is 4.17. The van der Waals surface area contributed by atoms with Gasteiger partial charge >= 0.3 is 6.03 Å². The quantitative estimate of drug-likeness (QED) is 0.838. The summed E-state index contributed by atoms with van der Waals surface area (Å²) >= 11 is 0. The first-order valence-electron chi connectivity index (χ1n) is 8.85. The minimum Gasteiger partial charge on any atom is -0.325 e. The molecule has 1 aromatic rings. The van der Waals surface area contributed by atoms with Gasteiger partial charge in [0, 0.05) is 44.7 Å². The number of nitrogens with zero attached hydrogens (tertiary/aromatic N) is 3. The molecular weight excluding hydrogens is 286 g/mol. The Balaban J connectivity index is 1.86. The molecule has 4 heteroatoms. The summed E-state index contributed by atoms with van der Waals surface area (Å²) in [6.45, 7) is 14.0. The largest absolute Gasteiger partial charge is 0.325 e. The molecule has 1 atom stereocenters. The molecule has 0 aliphatic carbocycles. The van der Waals surface area contributed by atoms with Gasteiger partial charge in [0.25, 0.3) is 0 Å². The zero-order chi connectivity index (χ0) is 16.6. The number of fused-ring (bicyclic) bond motifs is 3. The lowest BCUT2D eigenvalue weighted by Crippen LogP contribution is -2.57. The second-order valence-corrected chi connectivity index (χ2v) is 7.36. The minimum absolute atomic E-state index is 0.179. The third kappa shape index (κ3) is 2.85. The van der Waals surface area contributed by atoms with Crippen molar-refractivity contribution < 1.29 is 4.79 Å². The Hall–Kier alpha value is -1.55. The van der Waals surface area contributed by atoms with Crippen LogP contribution in [0.15, 0.2) is 24.3 Å². The van der Waals surface area contributed by atoms with Crippen LogP contribution in [-0.4, -0.2) is 60.0 Å². The summed E-state index contributed by atoms with van der Waals surface area (Å²) < 4.78 is 0. The summed E-state index contributed by atoms with van der Waals surface area (Å²) in [5.41, 5.74) is 3.03. The number of carbonyl (C=O) groups is 1. The molecule has 1 fully saturated rings. The minimum atomic E-state index is 0.179. The molecule has 3 rings (SSSR count). The van der Waals surface area contributed by atoms with Gasteiger partial charge in [-0.15, -0.1) is 0 Å². The van der Waals surface area contributed by atoms with Crippen molar-refractivity contribution in [1.29, 1.82) is 0 Å². The van der Waals surface area contributed by atoms with E-state index in [0.29, 0.717) is 6.04 Å². The van der Waals surface area contributed by atoms with E-state index in [0.717, 1.165) is 39.3 Å². The smallest absolute Gasteiger partial charge is 0.320 e. The number of benzene rings is 1. The number of urea groups is 1. The first kappa shape index (κ1) is 16.3. The Morgan fingerprint density at radius 3 is 2.61 bits per heavy atom. The fraction of sp³-hybridized carbons (Fsp3) is 0.632. The maximum atomic E-state index is 12.7. The van der Waals surface area contributed by atoms with Crippen LogP contribution in [0.1, 0.15) is 44.9 Å². The van der Waals surface area contributed by atoms with E-state index < -0.39 is 0 Å². The molecule has 0 saturated carbocycles. The third-order valence-corrected chi connectivity index (χ3v) is 5.44. The SMILES string of the molecule is CCN(CC)C(=O)N1CCN2CC(C)(C)c3ccccc3C2C1. The molecule has 2 aliphatic heterocycles. The third-order valence-electron chi connectivity index (χ3n) is 5.44. The monoisotopic (exact) mass is 315 g/mol. The van der Waals surface area contributed by atoms with Crippen LogP contribution in [0.2, 0.25) is 0 Å². The highest BCUT2D eigenvalue weighted by atomic mass is 16.2. The average molecular weight is 315 g/mol. The predicted molar refractivity (Wildman–Crippen MR) is 93.7 cm³/mol. The highest BCUT2D eigenvalue weighted by Crippen LogP contribution is 2.40. The first-order chi connectivity index (χ1) is 11.0. The topological polar surface area (TPSA) is 26.8 Å². The van der Waals surface area contributed by atoms with Crippen LogP contribution in [0.25, 0.3) is 0 Å². The van der Waals surface area contributed by atoms with Gasteiger partial charge in [-0.25, -0.2) is 4.79 Å². The number of hydrogen-bond donors (Lipinski definition) is 0. The summed E-state index contributed by atoms with van der Waals surface area (Å²) in [5.74, 6) is 0. The summed E-state index contributed by atoms with van der Waals surface area (Å²) in [5, 5.41) is 0. The van der Waals surface area contributed by atoms with Crippen molar-refractivity contribution in [3.63, 3.8) is 0 Å². The van der Waals surface area contributed by atoms with Crippen LogP contribution in [-0.2, 0) is 5.41 Å². The maximum absolute atomic E-state index is 12.7. The Bertz CT molecular complexity index is 580. The van der Waals surface area contributed by atoms with Gasteiger partial charge in [0.05, 0.1) is 6.04 Å². The lowest BCUT2D eigenvalue weighted by Gasteiger charge is -2.50. The Morgan fingerprint density at radius 2 is 1.91 bits per heavy atom. The van der Waals surface area contributed by atoms with Crippen LogP contribution < -0.4 is 0 Å². The number of rotatable bonds is 2. The van der Waals surface area contributed by atoms with Crippen LogP contribution >= 0.6 is 0 Å². The Kier molecular flexibility index (Phi) is 4.37. The van der Waals surface area contributed by atoms with E-state index in [1.807, 2.05) is 9.80 Å². The van der Waals surface area contributed by atoms with Crippen molar-refractivity contribution >= 4 is 6.03 Å². The predicted octanol–water partition coefficient (Wildman–Crippen LogP) is 3.10. The van der Waals surface area contributed by atoms with Crippen molar-refractivity contribution in [2.24, 2.45) is 0 Å². The van der Waals surface area contributed by atoms with Gasteiger partial charge in [-0.1, -0.05) is 38.1 Å². The molecule has 0 N–H and O–H groups in total. The first-order valence-corrected chi connectivity index (χ1v) is 8.85. The van der Waals surface area contributed by atoms with E-state index in [9.17, 15) is 4.79 Å². The second-order valence-electron chi connectivity index (χ2n) is 7.36. The summed E-state index contributed by atoms with van der Waals surface area (Å²) in [4.78, 5) is 19.2. The number of amides is 2. The van der Waals surface area contributed by atoms with E-state index >= 15 is 0 Å². The van der Waals surface area contributed by atoms with Crippen LogP contribution in [0.4, 0.5) is 4.79 Å². The van der Waals surface area contributed by atoms with Crippen LogP contribution in [0.3, 0.4) is 0 Å².